The van der Waals surface area contributed by atoms with Crippen molar-refractivity contribution >= 4 is 16.8 Å². The molecule has 0 N–H and O–H groups in total. The van der Waals surface area contributed by atoms with Crippen molar-refractivity contribution in [3.63, 3.8) is 0 Å². The monoisotopic (exact) mass is 333 g/mol. The van der Waals surface area contributed by atoms with E-state index in [2.05, 4.69) is 17.1 Å². The minimum atomic E-state index is -0.104. The van der Waals surface area contributed by atoms with E-state index in [0.717, 1.165) is 19.4 Å². The van der Waals surface area contributed by atoms with Crippen molar-refractivity contribution in [2.24, 2.45) is 7.05 Å². The Kier molecular flexibility index (Phi) is 3.84. The lowest BCUT2D eigenvalue weighted by molar-refractivity contribution is 0.0746. The van der Waals surface area contributed by atoms with Gasteiger partial charge < -0.3 is 9.47 Å². The third-order valence-electron chi connectivity index (χ3n) is 4.81. The van der Waals surface area contributed by atoms with Crippen LogP contribution in [0, 0.1) is 0 Å². The quantitative estimate of drug-likeness (QED) is 0.688. The predicted octanol–water partition coefficient (Wildman–Crippen LogP) is 2.52. The molecule has 25 heavy (non-hydrogen) atoms. The predicted molar refractivity (Wildman–Crippen MR) is 96.5 cm³/mol. The van der Waals surface area contributed by atoms with Gasteiger partial charge in [0.25, 0.3) is 11.5 Å². The molecule has 0 spiro atoms. The number of carbonyl (C=O) groups is 1. The fraction of sp³-hybridized carbons (Fsp3) is 0.250. The van der Waals surface area contributed by atoms with Crippen molar-refractivity contribution in [3.05, 3.63) is 75.8 Å². The highest BCUT2D eigenvalue weighted by Gasteiger charge is 2.20. The number of nitrogens with zero attached hydrogens (tertiary/aromatic N) is 3. The molecule has 0 bridgehead atoms. The summed E-state index contributed by atoms with van der Waals surface area (Å²) < 4.78 is 1.44. The Balaban J connectivity index is 1.68. The van der Waals surface area contributed by atoms with Gasteiger partial charge in [0.15, 0.2) is 0 Å². The van der Waals surface area contributed by atoms with E-state index in [1.54, 1.807) is 25.2 Å². The van der Waals surface area contributed by atoms with E-state index >= 15 is 0 Å². The van der Waals surface area contributed by atoms with E-state index in [1.807, 2.05) is 17.0 Å². The number of aryl methyl sites for hydroxylation is 2. The third-order valence-corrected chi connectivity index (χ3v) is 4.81. The standard InChI is InChI=1S/C20H19N3O2/c1-22-13-21-18-11-15(8-9-17(18)20(22)25)19(24)23-10-4-7-14-5-2-3-6-16(14)12-23/h2-3,5-6,8-9,11,13H,4,7,10,12H2,1H3. The maximum absolute atomic E-state index is 13.0. The average Bonchev–Trinajstić information content (AvgIpc) is 2.86. The summed E-state index contributed by atoms with van der Waals surface area (Å²) in [5.41, 5.74) is 3.56. The lowest BCUT2D eigenvalue weighted by atomic mass is 10.0. The van der Waals surface area contributed by atoms with Gasteiger partial charge in [-0.15, -0.1) is 0 Å². The Labute approximate surface area is 145 Å². The van der Waals surface area contributed by atoms with Crippen LogP contribution in [-0.4, -0.2) is 26.9 Å². The lowest BCUT2D eigenvalue weighted by Gasteiger charge is -2.21. The highest BCUT2D eigenvalue weighted by Crippen LogP contribution is 2.21. The molecule has 0 unspecified atom stereocenters. The first-order chi connectivity index (χ1) is 12.1. The van der Waals surface area contributed by atoms with Crippen LogP contribution < -0.4 is 5.56 Å². The van der Waals surface area contributed by atoms with Crippen LogP contribution >= 0.6 is 0 Å². The Morgan fingerprint density at radius 3 is 2.76 bits per heavy atom. The van der Waals surface area contributed by atoms with Crippen LogP contribution in [-0.2, 0) is 20.0 Å². The van der Waals surface area contributed by atoms with Crippen molar-refractivity contribution in [3.8, 4) is 0 Å². The van der Waals surface area contributed by atoms with Crippen molar-refractivity contribution < 1.29 is 4.79 Å². The molecule has 5 heteroatoms. The van der Waals surface area contributed by atoms with E-state index in [-0.39, 0.29) is 11.5 Å². The Morgan fingerprint density at radius 2 is 1.92 bits per heavy atom. The molecular weight excluding hydrogens is 314 g/mol. The summed E-state index contributed by atoms with van der Waals surface area (Å²) in [5, 5.41) is 0.530. The molecule has 0 aliphatic carbocycles. The van der Waals surface area contributed by atoms with E-state index in [1.165, 1.54) is 22.0 Å². The smallest absolute Gasteiger partial charge is 0.260 e. The second-order valence-corrected chi connectivity index (χ2v) is 6.49. The van der Waals surface area contributed by atoms with Crippen LogP contribution in [0.4, 0.5) is 0 Å². The first kappa shape index (κ1) is 15.6. The molecule has 0 saturated heterocycles. The van der Waals surface area contributed by atoms with Crippen LogP contribution in [0.15, 0.2) is 53.6 Å². The van der Waals surface area contributed by atoms with Gasteiger partial charge in [0, 0.05) is 25.7 Å². The molecule has 2 heterocycles. The zero-order valence-electron chi connectivity index (χ0n) is 14.1. The number of carbonyl (C=O) groups excluding carboxylic acids is 1. The summed E-state index contributed by atoms with van der Waals surface area (Å²) in [6.07, 6.45) is 3.44. The van der Waals surface area contributed by atoms with Crippen LogP contribution in [0.2, 0.25) is 0 Å². The van der Waals surface area contributed by atoms with Gasteiger partial charge in [-0.3, -0.25) is 9.59 Å². The van der Waals surface area contributed by atoms with Gasteiger partial charge in [-0.05, 0) is 42.2 Å². The highest BCUT2D eigenvalue weighted by molar-refractivity contribution is 5.97. The molecule has 1 aliphatic heterocycles. The fourth-order valence-corrected chi connectivity index (χ4v) is 3.40. The van der Waals surface area contributed by atoms with Crippen LogP contribution in [0.25, 0.3) is 10.9 Å². The molecule has 0 atom stereocenters. The van der Waals surface area contributed by atoms with Crippen molar-refractivity contribution in [2.45, 2.75) is 19.4 Å². The Morgan fingerprint density at radius 1 is 1.12 bits per heavy atom. The minimum absolute atomic E-state index is 0.0129. The molecule has 5 nitrogen and oxygen atoms in total. The summed E-state index contributed by atoms with van der Waals surface area (Å²) in [5.74, 6) is -0.0129. The van der Waals surface area contributed by atoms with Gasteiger partial charge >= 0.3 is 0 Å². The average molecular weight is 333 g/mol. The molecule has 0 saturated carbocycles. The van der Waals surface area contributed by atoms with Gasteiger partial charge in [0.1, 0.15) is 0 Å². The van der Waals surface area contributed by atoms with Crippen molar-refractivity contribution in [1.82, 2.24) is 14.5 Å². The number of hydrogen-bond acceptors (Lipinski definition) is 3. The van der Waals surface area contributed by atoms with Crippen molar-refractivity contribution in [2.75, 3.05) is 6.54 Å². The van der Waals surface area contributed by atoms with Gasteiger partial charge in [-0.25, -0.2) is 4.98 Å². The van der Waals surface area contributed by atoms with Gasteiger partial charge in [-0.2, -0.15) is 0 Å². The second-order valence-electron chi connectivity index (χ2n) is 6.49. The molecule has 1 amide bonds. The normalized spacial score (nSPS) is 14.2. The van der Waals surface area contributed by atoms with Crippen LogP contribution in [0.5, 0.6) is 0 Å². The second kappa shape index (κ2) is 6.16. The van der Waals surface area contributed by atoms with E-state index in [0.29, 0.717) is 23.0 Å². The van der Waals surface area contributed by atoms with Crippen LogP contribution in [0.3, 0.4) is 0 Å². The summed E-state index contributed by atoms with van der Waals surface area (Å²) in [4.78, 5) is 31.3. The summed E-state index contributed by atoms with van der Waals surface area (Å²) >= 11 is 0. The van der Waals surface area contributed by atoms with E-state index in [9.17, 15) is 9.59 Å². The molecule has 3 aromatic rings. The summed E-state index contributed by atoms with van der Waals surface area (Å²) in [7, 11) is 1.67. The fourth-order valence-electron chi connectivity index (χ4n) is 3.40. The first-order valence-electron chi connectivity index (χ1n) is 8.45. The summed E-state index contributed by atoms with van der Waals surface area (Å²) in [6.45, 7) is 1.35. The third kappa shape index (κ3) is 2.82. The maximum Gasteiger partial charge on any atom is 0.260 e. The SMILES string of the molecule is Cn1cnc2cc(C(=O)N3CCCc4ccccc4C3)ccc2c1=O. The largest absolute Gasteiger partial charge is 0.334 e. The molecule has 126 valence electrons. The molecule has 4 rings (SSSR count). The van der Waals surface area contributed by atoms with Gasteiger partial charge in [-0.1, -0.05) is 24.3 Å². The summed E-state index contributed by atoms with van der Waals surface area (Å²) in [6, 6.07) is 13.4. The van der Waals surface area contributed by atoms with E-state index < -0.39 is 0 Å². The maximum atomic E-state index is 13.0. The topological polar surface area (TPSA) is 55.2 Å². The number of amides is 1. The van der Waals surface area contributed by atoms with Crippen LogP contribution in [0.1, 0.15) is 27.9 Å². The molecule has 0 fully saturated rings. The molecule has 0 radical (unpaired) electrons. The molecular formula is C20H19N3O2. The molecule has 1 aromatic heterocycles. The zero-order valence-corrected chi connectivity index (χ0v) is 14.1. The number of fused-ring (bicyclic) bond motifs is 2. The number of aromatic nitrogens is 2. The highest BCUT2D eigenvalue weighted by atomic mass is 16.2. The Bertz CT molecular complexity index is 1020. The Hall–Kier alpha value is -2.95. The number of benzene rings is 2. The molecule has 1 aliphatic rings. The zero-order chi connectivity index (χ0) is 17.4. The number of hydrogen-bond donors (Lipinski definition) is 0. The lowest BCUT2D eigenvalue weighted by Crippen LogP contribution is -2.30. The number of rotatable bonds is 1. The minimum Gasteiger partial charge on any atom is -0.334 e. The van der Waals surface area contributed by atoms with Crippen molar-refractivity contribution in [1.29, 1.82) is 0 Å². The van der Waals surface area contributed by atoms with E-state index in [4.69, 9.17) is 0 Å². The van der Waals surface area contributed by atoms with Gasteiger partial charge in [0.05, 0.1) is 17.2 Å². The molecule has 2 aromatic carbocycles. The van der Waals surface area contributed by atoms with Gasteiger partial charge in [0.2, 0.25) is 0 Å². The first-order valence-corrected chi connectivity index (χ1v) is 8.45.